The van der Waals surface area contributed by atoms with Gasteiger partial charge in [0.15, 0.2) is 14.6 Å². The molecule has 3 heterocycles. The van der Waals surface area contributed by atoms with Gasteiger partial charge < -0.3 is 14.5 Å². The van der Waals surface area contributed by atoms with Crippen LogP contribution in [-0.4, -0.2) is 28.1 Å². The molecule has 4 aromatic rings. The SMILES string of the molecule is COc1ccc(N=C2NC(=O)/C(=C/c3ccc(Sc4nc5ccc([N+](=O)[O-])cc5s4)o3)S2)cc1. The summed E-state index contributed by atoms with van der Waals surface area (Å²) < 4.78 is 12.4. The van der Waals surface area contributed by atoms with E-state index in [2.05, 4.69) is 15.3 Å². The minimum absolute atomic E-state index is 0.0295. The third kappa shape index (κ3) is 4.83. The Kier molecular flexibility index (Phi) is 6.09. The molecule has 0 atom stereocenters. The van der Waals surface area contributed by atoms with Crippen molar-refractivity contribution in [1.82, 2.24) is 10.3 Å². The van der Waals surface area contributed by atoms with E-state index in [0.29, 0.717) is 36.5 Å². The predicted molar refractivity (Wildman–Crippen MR) is 133 cm³/mol. The monoisotopic (exact) mass is 510 g/mol. The van der Waals surface area contributed by atoms with E-state index in [1.54, 1.807) is 55.7 Å². The minimum Gasteiger partial charge on any atom is -0.497 e. The number of methoxy groups -OCH3 is 1. The molecule has 0 radical (unpaired) electrons. The lowest BCUT2D eigenvalue weighted by Gasteiger charge is -1.99. The number of aliphatic imine (C=N–C) groups is 1. The lowest BCUT2D eigenvalue weighted by molar-refractivity contribution is -0.384. The van der Waals surface area contributed by atoms with Crippen LogP contribution in [-0.2, 0) is 4.79 Å². The van der Waals surface area contributed by atoms with Crippen molar-refractivity contribution in [3.63, 3.8) is 0 Å². The Bertz CT molecular complexity index is 1470. The average Bonchev–Trinajstić information content (AvgIpc) is 3.53. The summed E-state index contributed by atoms with van der Waals surface area (Å²) in [6.45, 7) is 0. The maximum Gasteiger partial charge on any atom is 0.270 e. The summed E-state index contributed by atoms with van der Waals surface area (Å²) in [5.41, 5.74) is 1.42. The molecule has 2 aromatic carbocycles. The second-order valence-corrected chi connectivity index (χ2v) is 10.1. The van der Waals surface area contributed by atoms with E-state index in [-0.39, 0.29) is 11.6 Å². The molecule has 170 valence electrons. The number of carbonyl (C=O) groups excluding carboxylic acids is 1. The first-order chi connectivity index (χ1) is 16.5. The number of amides is 1. The van der Waals surface area contributed by atoms with E-state index in [4.69, 9.17) is 9.15 Å². The van der Waals surface area contributed by atoms with Gasteiger partial charge in [-0.05, 0) is 66.0 Å². The molecule has 0 unspecified atom stereocenters. The highest BCUT2D eigenvalue weighted by atomic mass is 32.2. The number of non-ortho nitro benzene ring substituents is 1. The van der Waals surface area contributed by atoms with Crippen LogP contribution in [0.25, 0.3) is 16.3 Å². The Hall–Kier alpha value is -3.61. The van der Waals surface area contributed by atoms with Gasteiger partial charge in [-0.1, -0.05) is 0 Å². The zero-order valence-corrected chi connectivity index (χ0v) is 19.8. The number of amidine groups is 1. The van der Waals surface area contributed by atoms with Crippen LogP contribution in [0.1, 0.15) is 5.76 Å². The molecule has 0 bridgehead atoms. The molecule has 12 heteroatoms. The van der Waals surface area contributed by atoms with Crippen molar-refractivity contribution in [2.45, 2.75) is 9.43 Å². The van der Waals surface area contributed by atoms with Gasteiger partial charge in [0.2, 0.25) is 0 Å². The Labute approximate surface area is 205 Å². The van der Waals surface area contributed by atoms with Crippen molar-refractivity contribution in [3.05, 3.63) is 75.4 Å². The fourth-order valence-corrected chi connectivity index (χ4v) is 5.81. The summed E-state index contributed by atoms with van der Waals surface area (Å²) in [4.78, 5) is 32.3. The van der Waals surface area contributed by atoms with Crippen LogP contribution in [0, 0.1) is 10.1 Å². The fraction of sp³-hybridized carbons (Fsp3) is 0.0455. The van der Waals surface area contributed by atoms with Gasteiger partial charge >= 0.3 is 0 Å². The molecule has 34 heavy (non-hydrogen) atoms. The number of thioether (sulfide) groups is 1. The third-order valence-electron chi connectivity index (χ3n) is 4.58. The number of ether oxygens (including phenoxy) is 1. The Balaban J connectivity index is 1.29. The molecule has 1 aliphatic heterocycles. The molecule has 0 saturated carbocycles. The second kappa shape index (κ2) is 9.33. The van der Waals surface area contributed by atoms with Crippen LogP contribution in [0.3, 0.4) is 0 Å². The van der Waals surface area contributed by atoms with E-state index in [1.165, 1.54) is 47.0 Å². The molecule has 1 fully saturated rings. The van der Waals surface area contributed by atoms with E-state index >= 15 is 0 Å². The highest BCUT2D eigenvalue weighted by Crippen LogP contribution is 2.37. The molecule has 1 saturated heterocycles. The number of nitrogens with zero attached hydrogens (tertiary/aromatic N) is 3. The van der Waals surface area contributed by atoms with Crippen LogP contribution in [0.5, 0.6) is 5.75 Å². The van der Waals surface area contributed by atoms with E-state index < -0.39 is 4.92 Å². The largest absolute Gasteiger partial charge is 0.497 e. The van der Waals surface area contributed by atoms with Gasteiger partial charge in [0.05, 0.1) is 32.8 Å². The van der Waals surface area contributed by atoms with Crippen LogP contribution < -0.4 is 10.1 Å². The molecule has 2 aromatic heterocycles. The maximum absolute atomic E-state index is 12.3. The molecule has 0 aliphatic carbocycles. The van der Waals surface area contributed by atoms with Gasteiger partial charge in [0, 0.05) is 18.2 Å². The van der Waals surface area contributed by atoms with E-state index in [0.717, 1.165) is 10.4 Å². The van der Waals surface area contributed by atoms with Crippen molar-refractivity contribution >= 4 is 73.6 Å². The van der Waals surface area contributed by atoms with E-state index in [1.807, 2.05) is 0 Å². The van der Waals surface area contributed by atoms with Crippen molar-refractivity contribution < 1.29 is 18.9 Å². The maximum atomic E-state index is 12.3. The molecule has 1 amide bonds. The first-order valence-corrected chi connectivity index (χ1v) is 12.2. The van der Waals surface area contributed by atoms with E-state index in [9.17, 15) is 14.9 Å². The van der Waals surface area contributed by atoms with Gasteiger partial charge in [-0.15, -0.1) is 11.3 Å². The number of nitro groups is 1. The zero-order valence-electron chi connectivity index (χ0n) is 17.4. The quantitative estimate of drug-likeness (QED) is 0.195. The Morgan fingerprint density at radius 2 is 2.03 bits per heavy atom. The van der Waals surface area contributed by atoms with Gasteiger partial charge in [0.1, 0.15) is 11.5 Å². The minimum atomic E-state index is -0.428. The van der Waals surface area contributed by atoms with Crippen molar-refractivity contribution in [2.24, 2.45) is 4.99 Å². The highest BCUT2D eigenvalue weighted by molar-refractivity contribution is 8.18. The number of nitro benzene ring substituents is 1. The molecular weight excluding hydrogens is 496 g/mol. The Morgan fingerprint density at radius 3 is 2.79 bits per heavy atom. The number of hydrogen-bond acceptors (Lipinski definition) is 10. The summed E-state index contributed by atoms with van der Waals surface area (Å²) in [5.74, 6) is 0.990. The molecule has 1 N–H and O–H groups in total. The topological polar surface area (TPSA) is 120 Å². The van der Waals surface area contributed by atoms with Crippen LogP contribution >= 0.6 is 34.9 Å². The summed E-state index contributed by atoms with van der Waals surface area (Å²) in [6, 6.07) is 15.3. The number of fused-ring (bicyclic) bond motifs is 1. The summed E-state index contributed by atoms with van der Waals surface area (Å²) in [5, 5.41) is 14.8. The smallest absolute Gasteiger partial charge is 0.270 e. The lowest BCUT2D eigenvalue weighted by Crippen LogP contribution is -2.19. The number of nitrogens with one attached hydrogen (secondary N) is 1. The van der Waals surface area contributed by atoms with Gasteiger partial charge in [-0.2, -0.15) is 0 Å². The highest BCUT2D eigenvalue weighted by Gasteiger charge is 2.24. The van der Waals surface area contributed by atoms with Gasteiger partial charge in [-0.3, -0.25) is 14.9 Å². The lowest BCUT2D eigenvalue weighted by atomic mass is 10.3. The van der Waals surface area contributed by atoms with Crippen molar-refractivity contribution in [1.29, 1.82) is 0 Å². The number of furan rings is 1. The molecule has 0 spiro atoms. The summed E-state index contributed by atoms with van der Waals surface area (Å²) in [7, 11) is 1.59. The standard InChI is InChI=1S/C22H14N4O5S3/c1-30-14-5-2-12(3-6-14)23-21-25-20(27)18(32-21)11-15-7-9-19(31-15)34-22-24-16-8-4-13(26(28)29)10-17(16)33-22/h2-11H,1H3,(H,23,25,27)/b18-11-. The van der Waals surface area contributed by atoms with Crippen molar-refractivity contribution in [3.8, 4) is 5.75 Å². The second-order valence-electron chi connectivity index (χ2n) is 6.83. The number of hydrogen-bond donors (Lipinski definition) is 1. The van der Waals surface area contributed by atoms with Crippen LogP contribution in [0.2, 0.25) is 0 Å². The number of benzene rings is 2. The zero-order chi connectivity index (χ0) is 23.7. The average molecular weight is 511 g/mol. The molecule has 9 nitrogen and oxygen atoms in total. The van der Waals surface area contributed by atoms with Crippen molar-refractivity contribution in [2.75, 3.05) is 7.11 Å². The number of thiazole rings is 1. The Morgan fingerprint density at radius 1 is 1.21 bits per heavy atom. The van der Waals surface area contributed by atoms with Gasteiger partial charge in [-0.25, -0.2) is 9.98 Å². The predicted octanol–water partition coefficient (Wildman–Crippen LogP) is 5.85. The number of aromatic nitrogens is 1. The number of rotatable bonds is 6. The normalized spacial score (nSPS) is 15.9. The fourth-order valence-electron chi connectivity index (χ4n) is 2.99. The first-order valence-electron chi connectivity index (χ1n) is 9.73. The third-order valence-corrected chi connectivity index (χ3v) is 7.49. The molecule has 5 rings (SSSR count). The van der Waals surface area contributed by atoms with Crippen LogP contribution in [0.15, 0.2) is 78.3 Å². The first kappa shape index (κ1) is 22.2. The molecule has 1 aliphatic rings. The summed E-state index contributed by atoms with van der Waals surface area (Å²) in [6.07, 6.45) is 1.66. The van der Waals surface area contributed by atoms with Crippen LogP contribution in [0.4, 0.5) is 11.4 Å². The summed E-state index contributed by atoms with van der Waals surface area (Å²) >= 11 is 3.89. The van der Waals surface area contributed by atoms with Gasteiger partial charge in [0.25, 0.3) is 11.6 Å². The molecular formula is C22H14N4O5S3. The number of carbonyl (C=O) groups is 1.